The van der Waals surface area contributed by atoms with Crippen LogP contribution in [0.5, 0.6) is 0 Å². The molecule has 0 atom stereocenters. The third-order valence-corrected chi connectivity index (χ3v) is 5.06. The molecule has 0 aliphatic heterocycles. The molecule has 0 fully saturated rings. The van der Waals surface area contributed by atoms with Crippen molar-refractivity contribution in [2.24, 2.45) is 5.73 Å². The predicted octanol–water partition coefficient (Wildman–Crippen LogP) is 1.88. The molecule has 2 N–H and O–H groups in total. The number of aryl methyl sites for hydroxylation is 1. The number of thiophene rings is 1. The molecule has 0 unspecified atom stereocenters. The highest BCUT2D eigenvalue weighted by Crippen LogP contribution is 2.18. The predicted molar refractivity (Wildman–Crippen MR) is 99.4 cm³/mol. The molecule has 0 saturated heterocycles. The first kappa shape index (κ1) is 17.3. The van der Waals surface area contributed by atoms with E-state index >= 15 is 0 Å². The second-order valence-electron chi connectivity index (χ2n) is 6.10. The summed E-state index contributed by atoms with van der Waals surface area (Å²) in [6, 6.07) is 9.23. The van der Waals surface area contributed by atoms with Crippen molar-refractivity contribution in [2.45, 2.75) is 26.6 Å². The first-order valence-electron chi connectivity index (χ1n) is 7.94. The smallest absolute Gasteiger partial charge is 0.261 e. The van der Waals surface area contributed by atoms with Crippen LogP contribution in [0, 0.1) is 6.92 Å². The average molecular weight is 356 g/mol. The van der Waals surface area contributed by atoms with E-state index in [9.17, 15) is 9.59 Å². The number of hydrogen-bond acceptors (Lipinski definition) is 5. The van der Waals surface area contributed by atoms with E-state index in [2.05, 4.69) is 28.3 Å². The normalized spacial score (nSPS) is 11.3. The van der Waals surface area contributed by atoms with E-state index in [0.717, 1.165) is 6.54 Å². The van der Waals surface area contributed by atoms with Crippen LogP contribution in [-0.4, -0.2) is 27.4 Å². The van der Waals surface area contributed by atoms with E-state index in [0.29, 0.717) is 23.3 Å². The number of para-hydroxylation sites is 1. The number of amides is 1. The lowest BCUT2D eigenvalue weighted by Gasteiger charge is -2.19. The van der Waals surface area contributed by atoms with E-state index < -0.39 is 5.91 Å². The highest BCUT2D eigenvalue weighted by molar-refractivity contribution is 7.10. The molecule has 0 aliphatic carbocycles. The maximum Gasteiger partial charge on any atom is 0.261 e. The molecule has 0 aliphatic rings. The van der Waals surface area contributed by atoms with Crippen LogP contribution in [0.15, 0.2) is 40.5 Å². The molecule has 6 nitrogen and oxygen atoms in total. The van der Waals surface area contributed by atoms with Gasteiger partial charge in [0.05, 0.1) is 17.4 Å². The standard InChI is InChI=1S/C18H20N4O2S/c1-12-7-8-25-15(12)9-21(2)11-17-20-14-6-4-3-5-13(14)18(24)22(17)10-16(19)23/h3-8H,9-11H2,1-2H3,(H2,19,23). The van der Waals surface area contributed by atoms with E-state index in [4.69, 9.17) is 5.73 Å². The van der Waals surface area contributed by atoms with Gasteiger partial charge in [-0.2, -0.15) is 0 Å². The van der Waals surface area contributed by atoms with Crippen molar-refractivity contribution in [1.29, 1.82) is 0 Å². The average Bonchev–Trinajstić information content (AvgIpc) is 2.96. The topological polar surface area (TPSA) is 81.2 Å². The van der Waals surface area contributed by atoms with Crippen molar-refractivity contribution < 1.29 is 4.79 Å². The minimum Gasteiger partial charge on any atom is -0.368 e. The molecule has 130 valence electrons. The molecule has 0 radical (unpaired) electrons. The largest absolute Gasteiger partial charge is 0.368 e. The van der Waals surface area contributed by atoms with Crippen LogP contribution in [-0.2, 0) is 24.4 Å². The van der Waals surface area contributed by atoms with Gasteiger partial charge in [0.15, 0.2) is 0 Å². The van der Waals surface area contributed by atoms with Gasteiger partial charge in [-0.1, -0.05) is 12.1 Å². The Labute approximate surface area is 149 Å². The Hall–Kier alpha value is -2.51. The molecule has 2 aromatic heterocycles. The van der Waals surface area contributed by atoms with E-state index in [1.807, 2.05) is 13.1 Å². The molecule has 1 amide bonds. The van der Waals surface area contributed by atoms with Crippen molar-refractivity contribution in [2.75, 3.05) is 7.05 Å². The van der Waals surface area contributed by atoms with Crippen LogP contribution in [0.3, 0.4) is 0 Å². The Morgan fingerprint density at radius 3 is 2.72 bits per heavy atom. The molecule has 7 heteroatoms. The van der Waals surface area contributed by atoms with Crippen molar-refractivity contribution >= 4 is 28.1 Å². The molecule has 25 heavy (non-hydrogen) atoms. The van der Waals surface area contributed by atoms with Gasteiger partial charge < -0.3 is 5.73 Å². The summed E-state index contributed by atoms with van der Waals surface area (Å²) in [5.74, 6) is -0.0172. The van der Waals surface area contributed by atoms with E-state index in [1.54, 1.807) is 29.5 Å². The lowest BCUT2D eigenvalue weighted by atomic mass is 10.2. The van der Waals surface area contributed by atoms with Crippen molar-refractivity contribution in [1.82, 2.24) is 14.5 Å². The van der Waals surface area contributed by atoms with Crippen LogP contribution in [0.25, 0.3) is 10.9 Å². The third-order valence-electron chi connectivity index (χ3n) is 4.05. The zero-order valence-corrected chi connectivity index (χ0v) is 15.0. The van der Waals surface area contributed by atoms with Crippen molar-refractivity contribution in [3.63, 3.8) is 0 Å². The van der Waals surface area contributed by atoms with Gasteiger partial charge in [-0.25, -0.2) is 4.98 Å². The lowest BCUT2D eigenvalue weighted by molar-refractivity contribution is -0.118. The van der Waals surface area contributed by atoms with Crippen LogP contribution in [0.4, 0.5) is 0 Å². The quantitative estimate of drug-likeness (QED) is 0.731. The number of carbonyl (C=O) groups is 1. The number of hydrogen-bond donors (Lipinski definition) is 1. The zero-order valence-electron chi connectivity index (χ0n) is 14.2. The fraction of sp³-hybridized carbons (Fsp3) is 0.278. The van der Waals surface area contributed by atoms with E-state index in [-0.39, 0.29) is 12.1 Å². The Kier molecular flexibility index (Phi) is 4.96. The number of nitrogens with two attached hydrogens (primary N) is 1. The maximum atomic E-state index is 12.7. The summed E-state index contributed by atoms with van der Waals surface area (Å²) < 4.78 is 1.38. The maximum absolute atomic E-state index is 12.7. The molecule has 1 aromatic carbocycles. The van der Waals surface area contributed by atoms with Gasteiger partial charge in [0.1, 0.15) is 12.4 Å². The Morgan fingerprint density at radius 1 is 1.28 bits per heavy atom. The van der Waals surface area contributed by atoms with Gasteiger partial charge in [-0.3, -0.25) is 19.1 Å². The molecular formula is C18H20N4O2S. The summed E-state index contributed by atoms with van der Waals surface area (Å²) in [6.07, 6.45) is 0. The number of benzene rings is 1. The molecular weight excluding hydrogens is 336 g/mol. The molecule has 0 spiro atoms. The monoisotopic (exact) mass is 356 g/mol. The molecule has 3 rings (SSSR count). The fourth-order valence-corrected chi connectivity index (χ4v) is 3.75. The van der Waals surface area contributed by atoms with Gasteiger partial charge in [-0.05, 0) is 43.1 Å². The summed E-state index contributed by atoms with van der Waals surface area (Å²) in [7, 11) is 1.97. The Balaban J connectivity index is 1.97. The second-order valence-corrected chi connectivity index (χ2v) is 7.10. The first-order chi connectivity index (χ1) is 12.0. The van der Waals surface area contributed by atoms with Crippen LogP contribution in [0.2, 0.25) is 0 Å². The van der Waals surface area contributed by atoms with Gasteiger partial charge >= 0.3 is 0 Å². The molecule has 0 saturated carbocycles. The number of rotatable bonds is 6. The van der Waals surface area contributed by atoms with Gasteiger partial charge in [0, 0.05) is 11.4 Å². The molecule has 0 bridgehead atoms. The fourth-order valence-electron chi connectivity index (χ4n) is 2.76. The zero-order chi connectivity index (χ0) is 18.0. The van der Waals surface area contributed by atoms with Crippen LogP contribution < -0.4 is 11.3 Å². The number of fused-ring (bicyclic) bond motifs is 1. The molecule has 2 heterocycles. The summed E-state index contributed by atoms with van der Waals surface area (Å²) >= 11 is 1.70. The number of carbonyl (C=O) groups excluding carboxylic acids is 1. The van der Waals surface area contributed by atoms with Gasteiger partial charge in [-0.15, -0.1) is 11.3 Å². The summed E-state index contributed by atoms with van der Waals surface area (Å²) in [6.45, 7) is 3.11. The second kappa shape index (κ2) is 7.16. The third kappa shape index (κ3) is 3.78. The van der Waals surface area contributed by atoms with Gasteiger partial charge in [0.2, 0.25) is 5.91 Å². The van der Waals surface area contributed by atoms with Crippen LogP contribution >= 0.6 is 11.3 Å². The van der Waals surface area contributed by atoms with Crippen molar-refractivity contribution in [3.8, 4) is 0 Å². The summed E-state index contributed by atoms with van der Waals surface area (Å²) in [5.41, 5.74) is 6.97. The number of aromatic nitrogens is 2. The highest BCUT2D eigenvalue weighted by atomic mass is 32.1. The number of nitrogens with zero attached hydrogens (tertiary/aromatic N) is 3. The number of primary amides is 1. The summed E-state index contributed by atoms with van der Waals surface area (Å²) in [4.78, 5) is 32.1. The Morgan fingerprint density at radius 2 is 2.04 bits per heavy atom. The lowest BCUT2D eigenvalue weighted by Crippen LogP contribution is -2.33. The molecule has 3 aromatic rings. The van der Waals surface area contributed by atoms with Crippen molar-refractivity contribution in [3.05, 3.63) is 62.3 Å². The first-order valence-corrected chi connectivity index (χ1v) is 8.82. The highest BCUT2D eigenvalue weighted by Gasteiger charge is 2.15. The van der Waals surface area contributed by atoms with E-state index in [1.165, 1.54) is 15.0 Å². The Bertz CT molecular complexity index is 977. The SMILES string of the molecule is Cc1ccsc1CN(C)Cc1nc2ccccc2c(=O)n1CC(N)=O. The minimum atomic E-state index is -0.558. The van der Waals surface area contributed by atoms with Crippen LogP contribution in [0.1, 0.15) is 16.3 Å². The minimum absolute atomic E-state index is 0.169. The van der Waals surface area contributed by atoms with Gasteiger partial charge in [0.25, 0.3) is 5.56 Å². The summed E-state index contributed by atoms with van der Waals surface area (Å²) in [5, 5.41) is 2.56.